The molecule has 0 saturated carbocycles. The van der Waals surface area contributed by atoms with E-state index in [9.17, 15) is 4.79 Å². The molecule has 102 valence electrons. The Hall–Kier alpha value is -1.97. The van der Waals surface area contributed by atoms with Gasteiger partial charge in [0.25, 0.3) is 5.91 Å². The van der Waals surface area contributed by atoms with Gasteiger partial charge in [-0.25, -0.2) is 0 Å². The fourth-order valence-corrected chi connectivity index (χ4v) is 2.26. The van der Waals surface area contributed by atoms with Gasteiger partial charge in [0.05, 0.1) is 6.61 Å². The molecule has 1 amide bonds. The van der Waals surface area contributed by atoms with E-state index in [2.05, 4.69) is 6.08 Å². The molecule has 0 atom stereocenters. The molecule has 1 aromatic rings. The van der Waals surface area contributed by atoms with Crippen molar-refractivity contribution in [2.24, 2.45) is 0 Å². The van der Waals surface area contributed by atoms with E-state index >= 15 is 0 Å². The van der Waals surface area contributed by atoms with Gasteiger partial charge in [-0.1, -0.05) is 11.6 Å². The van der Waals surface area contributed by atoms with E-state index in [1.165, 1.54) is 5.57 Å². The van der Waals surface area contributed by atoms with Crippen LogP contribution in [0, 0.1) is 0 Å². The second-order valence-corrected chi connectivity index (χ2v) is 4.79. The van der Waals surface area contributed by atoms with Crippen LogP contribution >= 0.6 is 0 Å². The van der Waals surface area contributed by atoms with Gasteiger partial charge in [0.2, 0.25) is 0 Å². The fraction of sp³-hybridized carbons (Fsp3) is 0.400. The number of amides is 1. The first-order valence-electron chi connectivity index (χ1n) is 6.58. The van der Waals surface area contributed by atoms with Crippen LogP contribution in [0.15, 0.2) is 29.8 Å². The number of carbonyl (C=O) groups excluding carboxylic acids is 1. The minimum absolute atomic E-state index is 0.0145. The highest BCUT2D eigenvalue weighted by Gasteiger charge is 2.19. The minimum Gasteiger partial charge on any atom is -0.494 e. The third kappa shape index (κ3) is 3.28. The summed E-state index contributed by atoms with van der Waals surface area (Å²) in [6.45, 7) is 5.96. The molecule has 0 aromatic heterocycles. The van der Waals surface area contributed by atoms with Crippen molar-refractivity contribution in [1.29, 1.82) is 0 Å². The van der Waals surface area contributed by atoms with Crippen molar-refractivity contribution in [2.45, 2.75) is 20.3 Å². The van der Waals surface area contributed by atoms with Crippen LogP contribution in [0.2, 0.25) is 0 Å². The lowest BCUT2D eigenvalue weighted by atomic mass is 10.1. The molecule has 1 aromatic carbocycles. The Morgan fingerprint density at radius 3 is 2.89 bits per heavy atom. The second kappa shape index (κ2) is 5.78. The van der Waals surface area contributed by atoms with Gasteiger partial charge in [-0.2, -0.15) is 0 Å². The number of anilines is 1. The topological polar surface area (TPSA) is 55.6 Å². The smallest absolute Gasteiger partial charge is 0.254 e. The molecule has 1 aliphatic rings. The lowest BCUT2D eigenvalue weighted by molar-refractivity contribution is 0.0765. The van der Waals surface area contributed by atoms with Gasteiger partial charge < -0.3 is 15.4 Å². The lowest BCUT2D eigenvalue weighted by Gasteiger charge is -2.26. The summed E-state index contributed by atoms with van der Waals surface area (Å²) in [5.74, 6) is 0.663. The van der Waals surface area contributed by atoms with E-state index in [4.69, 9.17) is 10.5 Å². The molecule has 4 nitrogen and oxygen atoms in total. The van der Waals surface area contributed by atoms with Crippen molar-refractivity contribution >= 4 is 11.6 Å². The fourth-order valence-electron chi connectivity index (χ4n) is 2.26. The zero-order valence-electron chi connectivity index (χ0n) is 11.5. The molecule has 0 radical (unpaired) electrons. The third-order valence-corrected chi connectivity index (χ3v) is 3.11. The molecule has 0 unspecified atom stereocenters. The van der Waals surface area contributed by atoms with Gasteiger partial charge in [-0.05, 0) is 32.4 Å². The van der Waals surface area contributed by atoms with E-state index in [1.54, 1.807) is 18.2 Å². The molecule has 1 heterocycles. The summed E-state index contributed by atoms with van der Waals surface area (Å²) in [5.41, 5.74) is 8.20. The molecule has 0 aliphatic carbocycles. The van der Waals surface area contributed by atoms with Crippen LogP contribution < -0.4 is 10.5 Å². The maximum atomic E-state index is 12.4. The maximum Gasteiger partial charge on any atom is 0.254 e. The van der Waals surface area contributed by atoms with Gasteiger partial charge in [-0.15, -0.1) is 0 Å². The highest BCUT2D eigenvalue weighted by atomic mass is 16.5. The second-order valence-electron chi connectivity index (χ2n) is 4.79. The van der Waals surface area contributed by atoms with Gasteiger partial charge in [0.15, 0.2) is 0 Å². The highest BCUT2D eigenvalue weighted by molar-refractivity contribution is 5.95. The maximum absolute atomic E-state index is 12.4. The number of nitrogens with two attached hydrogens (primary N) is 1. The summed E-state index contributed by atoms with van der Waals surface area (Å²) in [6, 6.07) is 5.20. The number of benzene rings is 1. The number of hydrogen-bond acceptors (Lipinski definition) is 3. The Morgan fingerprint density at radius 1 is 1.42 bits per heavy atom. The van der Waals surface area contributed by atoms with Crippen LogP contribution in [0.1, 0.15) is 30.6 Å². The first-order chi connectivity index (χ1) is 9.10. The number of nitrogen functional groups attached to an aromatic ring is 1. The van der Waals surface area contributed by atoms with Crippen LogP contribution in [0.25, 0.3) is 0 Å². The monoisotopic (exact) mass is 260 g/mol. The molecular weight excluding hydrogens is 240 g/mol. The van der Waals surface area contributed by atoms with E-state index in [-0.39, 0.29) is 5.91 Å². The van der Waals surface area contributed by atoms with Gasteiger partial charge in [-0.3, -0.25) is 4.79 Å². The minimum atomic E-state index is 0.0145. The number of ether oxygens (including phenoxy) is 1. The normalized spacial score (nSPS) is 15.1. The summed E-state index contributed by atoms with van der Waals surface area (Å²) in [5, 5.41) is 0. The summed E-state index contributed by atoms with van der Waals surface area (Å²) in [6.07, 6.45) is 3.09. The predicted molar refractivity (Wildman–Crippen MR) is 76.3 cm³/mol. The predicted octanol–water partition coefficient (Wildman–Crippen LogP) is 2.46. The van der Waals surface area contributed by atoms with Crippen LogP contribution in [0.5, 0.6) is 5.75 Å². The Labute approximate surface area is 113 Å². The molecule has 0 bridgehead atoms. The van der Waals surface area contributed by atoms with E-state index < -0.39 is 0 Å². The zero-order chi connectivity index (χ0) is 13.8. The van der Waals surface area contributed by atoms with E-state index in [0.29, 0.717) is 30.2 Å². The van der Waals surface area contributed by atoms with Crippen molar-refractivity contribution in [3.63, 3.8) is 0 Å². The quantitative estimate of drug-likeness (QED) is 0.671. The first-order valence-corrected chi connectivity index (χ1v) is 6.58. The van der Waals surface area contributed by atoms with Crippen molar-refractivity contribution in [3.05, 3.63) is 35.4 Å². The van der Waals surface area contributed by atoms with Gasteiger partial charge in [0.1, 0.15) is 5.75 Å². The Balaban J connectivity index is 2.21. The molecule has 2 rings (SSSR count). The molecular formula is C15H20N2O2. The Morgan fingerprint density at radius 2 is 2.21 bits per heavy atom. The third-order valence-electron chi connectivity index (χ3n) is 3.11. The van der Waals surface area contributed by atoms with Crippen molar-refractivity contribution < 1.29 is 9.53 Å². The SMILES string of the molecule is CCOc1cc(N)cc(C(=O)N2CCC=C(C)C2)c1. The van der Waals surface area contributed by atoms with Gasteiger partial charge in [0, 0.05) is 30.4 Å². The number of rotatable bonds is 3. The molecule has 0 spiro atoms. The Kier molecular flexibility index (Phi) is 4.10. The number of carbonyl (C=O) groups is 1. The van der Waals surface area contributed by atoms with Crippen LogP contribution in [0.3, 0.4) is 0 Å². The zero-order valence-corrected chi connectivity index (χ0v) is 11.5. The van der Waals surface area contributed by atoms with Crippen molar-refractivity contribution in [2.75, 3.05) is 25.4 Å². The highest BCUT2D eigenvalue weighted by Crippen LogP contribution is 2.21. The summed E-state index contributed by atoms with van der Waals surface area (Å²) in [4.78, 5) is 14.3. The first kappa shape index (κ1) is 13.5. The number of hydrogen-bond donors (Lipinski definition) is 1. The molecule has 4 heteroatoms. The van der Waals surface area contributed by atoms with Crippen LogP contribution in [0.4, 0.5) is 5.69 Å². The molecule has 0 saturated heterocycles. The van der Waals surface area contributed by atoms with Crippen molar-refractivity contribution in [3.8, 4) is 5.75 Å². The summed E-state index contributed by atoms with van der Waals surface area (Å²) >= 11 is 0. The lowest BCUT2D eigenvalue weighted by Crippen LogP contribution is -2.35. The average molecular weight is 260 g/mol. The number of nitrogens with zero attached hydrogens (tertiary/aromatic N) is 1. The average Bonchev–Trinajstić information content (AvgIpc) is 2.37. The largest absolute Gasteiger partial charge is 0.494 e. The van der Waals surface area contributed by atoms with E-state index in [0.717, 1.165) is 13.0 Å². The molecule has 0 fully saturated rings. The standard InChI is InChI=1S/C15H20N2O2/c1-3-19-14-8-12(7-13(16)9-14)15(18)17-6-4-5-11(2)10-17/h5,7-9H,3-4,6,10,16H2,1-2H3. The molecule has 19 heavy (non-hydrogen) atoms. The summed E-state index contributed by atoms with van der Waals surface area (Å²) in [7, 11) is 0. The van der Waals surface area contributed by atoms with Crippen molar-refractivity contribution in [1.82, 2.24) is 4.90 Å². The molecule has 2 N–H and O–H groups in total. The Bertz CT molecular complexity index is 509. The van der Waals surface area contributed by atoms with E-state index in [1.807, 2.05) is 18.7 Å². The van der Waals surface area contributed by atoms with Crippen LogP contribution in [-0.2, 0) is 0 Å². The molecule has 1 aliphatic heterocycles. The summed E-state index contributed by atoms with van der Waals surface area (Å²) < 4.78 is 5.42. The van der Waals surface area contributed by atoms with Crippen LogP contribution in [-0.4, -0.2) is 30.5 Å². The van der Waals surface area contributed by atoms with Gasteiger partial charge >= 0.3 is 0 Å².